The van der Waals surface area contributed by atoms with Gasteiger partial charge in [0.2, 0.25) is 0 Å². The zero-order valence-electron chi connectivity index (χ0n) is 11.7. The molecule has 0 aliphatic carbocycles. The van der Waals surface area contributed by atoms with E-state index in [9.17, 15) is 4.39 Å². The predicted molar refractivity (Wildman–Crippen MR) is 73.1 cm³/mol. The fourth-order valence-electron chi connectivity index (χ4n) is 1.80. The minimum absolute atomic E-state index is 0.216. The van der Waals surface area contributed by atoms with Crippen LogP contribution in [0.4, 0.5) is 4.39 Å². The van der Waals surface area contributed by atoms with Gasteiger partial charge in [0.15, 0.2) is 0 Å². The van der Waals surface area contributed by atoms with E-state index in [-0.39, 0.29) is 11.9 Å². The van der Waals surface area contributed by atoms with Gasteiger partial charge < -0.3 is 10.1 Å². The molecule has 0 aliphatic heterocycles. The Labute approximate surface area is 114 Å². The fraction of sp³-hybridized carbons (Fsp3) is 0.533. The van der Waals surface area contributed by atoms with Crippen molar-refractivity contribution < 1.29 is 9.13 Å². The number of rotatable bonds is 7. The van der Waals surface area contributed by atoms with E-state index in [0.29, 0.717) is 31.2 Å². The van der Waals surface area contributed by atoms with Gasteiger partial charge in [-0.05, 0) is 36.6 Å². The van der Waals surface area contributed by atoms with E-state index in [0.717, 1.165) is 5.56 Å². The number of ether oxygens (including phenoxy) is 1. The van der Waals surface area contributed by atoms with Crippen LogP contribution in [0.5, 0.6) is 0 Å². The van der Waals surface area contributed by atoms with Crippen LogP contribution in [-0.4, -0.2) is 19.3 Å². The molecule has 104 valence electrons. The highest BCUT2D eigenvalue weighted by atomic mass is 19.1. The first-order valence-electron chi connectivity index (χ1n) is 6.57. The monoisotopic (exact) mass is 264 g/mol. The highest BCUT2D eigenvalue weighted by molar-refractivity contribution is 5.33. The summed E-state index contributed by atoms with van der Waals surface area (Å²) < 4.78 is 18.7. The Morgan fingerprint density at radius 1 is 1.37 bits per heavy atom. The molecule has 0 saturated carbocycles. The lowest BCUT2D eigenvalue weighted by molar-refractivity contribution is 0.108. The average molecular weight is 264 g/mol. The Morgan fingerprint density at radius 2 is 2.11 bits per heavy atom. The van der Waals surface area contributed by atoms with Crippen molar-refractivity contribution in [3.05, 3.63) is 35.1 Å². The molecule has 0 heterocycles. The molecule has 0 amide bonds. The topological polar surface area (TPSA) is 45.0 Å². The zero-order chi connectivity index (χ0) is 14.3. The quantitative estimate of drug-likeness (QED) is 0.823. The van der Waals surface area contributed by atoms with Crippen molar-refractivity contribution in [2.24, 2.45) is 5.92 Å². The van der Waals surface area contributed by atoms with Gasteiger partial charge in [-0.15, -0.1) is 0 Å². The summed E-state index contributed by atoms with van der Waals surface area (Å²) in [5.74, 6) is 0.0531. The molecule has 1 aromatic rings. The minimum Gasteiger partial charge on any atom is -0.380 e. The average Bonchev–Trinajstić information content (AvgIpc) is 2.37. The summed E-state index contributed by atoms with van der Waals surface area (Å²) in [6.45, 7) is 8.04. The molecule has 0 bridgehead atoms. The fourth-order valence-corrected chi connectivity index (χ4v) is 1.80. The number of hydrogen-bond acceptors (Lipinski definition) is 3. The number of nitrogens with one attached hydrogen (secondary N) is 1. The van der Waals surface area contributed by atoms with Crippen LogP contribution in [0.2, 0.25) is 0 Å². The molecule has 0 saturated heterocycles. The molecule has 1 unspecified atom stereocenters. The van der Waals surface area contributed by atoms with Gasteiger partial charge in [-0.25, -0.2) is 4.39 Å². The summed E-state index contributed by atoms with van der Waals surface area (Å²) in [6, 6.07) is 6.57. The molecule has 1 atom stereocenters. The number of benzene rings is 1. The lowest BCUT2D eigenvalue weighted by Crippen LogP contribution is -2.37. The first-order chi connectivity index (χ1) is 9.06. The maximum atomic E-state index is 13.3. The van der Waals surface area contributed by atoms with E-state index in [1.807, 2.05) is 13.0 Å². The molecule has 0 aromatic heterocycles. The van der Waals surface area contributed by atoms with Gasteiger partial charge in [-0.2, -0.15) is 5.26 Å². The Hall–Kier alpha value is -1.44. The van der Waals surface area contributed by atoms with Crippen molar-refractivity contribution in [2.45, 2.75) is 33.4 Å². The van der Waals surface area contributed by atoms with Crippen LogP contribution in [0, 0.1) is 23.1 Å². The second-order valence-corrected chi connectivity index (χ2v) is 4.85. The first-order valence-corrected chi connectivity index (χ1v) is 6.57. The van der Waals surface area contributed by atoms with E-state index in [4.69, 9.17) is 10.00 Å². The number of nitrogens with zero attached hydrogens (tertiary/aromatic N) is 1. The van der Waals surface area contributed by atoms with Gasteiger partial charge in [-0.3, -0.25) is 0 Å². The first kappa shape index (κ1) is 15.6. The maximum absolute atomic E-state index is 13.3. The SMILES string of the molecule is CCOCC(NCc1cc(F)cc(C#N)c1)C(C)C. The molecule has 1 N–H and O–H groups in total. The summed E-state index contributed by atoms with van der Waals surface area (Å²) in [6.07, 6.45) is 0. The summed E-state index contributed by atoms with van der Waals surface area (Å²) in [5, 5.41) is 12.2. The Bertz CT molecular complexity index is 440. The Kier molecular flexibility index (Phi) is 6.48. The van der Waals surface area contributed by atoms with Crippen LogP contribution in [0.15, 0.2) is 18.2 Å². The molecule has 1 aromatic carbocycles. The van der Waals surface area contributed by atoms with Crippen LogP contribution >= 0.6 is 0 Å². The highest BCUT2D eigenvalue weighted by Crippen LogP contribution is 2.10. The Balaban J connectivity index is 2.63. The normalized spacial score (nSPS) is 12.4. The van der Waals surface area contributed by atoms with Crippen LogP contribution in [0.1, 0.15) is 31.9 Å². The second-order valence-electron chi connectivity index (χ2n) is 4.85. The third kappa shape index (κ3) is 5.37. The van der Waals surface area contributed by atoms with Crippen molar-refractivity contribution >= 4 is 0 Å². The van der Waals surface area contributed by atoms with E-state index in [1.165, 1.54) is 12.1 Å². The summed E-state index contributed by atoms with van der Waals surface area (Å²) in [7, 11) is 0. The van der Waals surface area contributed by atoms with Crippen LogP contribution in [0.3, 0.4) is 0 Å². The zero-order valence-corrected chi connectivity index (χ0v) is 11.7. The van der Waals surface area contributed by atoms with Crippen molar-refractivity contribution in [1.82, 2.24) is 5.32 Å². The molecular formula is C15H21FN2O. The van der Waals surface area contributed by atoms with E-state index >= 15 is 0 Å². The molecule has 19 heavy (non-hydrogen) atoms. The van der Waals surface area contributed by atoms with Gasteiger partial charge in [0, 0.05) is 19.2 Å². The molecular weight excluding hydrogens is 243 g/mol. The van der Waals surface area contributed by atoms with Gasteiger partial charge in [0.25, 0.3) is 0 Å². The van der Waals surface area contributed by atoms with Crippen LogP contribution in [0.25, 0.3) is 0 Å². The van der Waals surface area contributed by atoms with E-state index in [1.54, 1.807) is 6.07 Å². The van der Waals surface area contributed by atoms with Crippen LogP contribution < -0.4 is 5.32 Å². The van der Waals surface area contributed by atoms with Crippen molar-refractivity contribution in [3.63, 3.8) is 0 Å². The smallest absolute Gasteiger partial charge is 0.124 e. The highest BCUT2D eigenvalue weighted by Gasteiger charge is 2.13. The van der Waals surface area contributed by atoms with Crippen molar-refractivity contribution in [2.75, 3.05) is 13.2 Å². The van der Waals surface area contributed by atoms with E-state index in [2.05, 4.69) is 19.2 Å². The summed E-state index contributed by atoms with van der Waals surface area (Å²) in [5.41, 5.74) is 1.13. The molecule has 0 aliphatic rings. The molecule has 1 rings (SSSR count). The van der Waals surface area contributed by atoms with Gasteiger partial charge >= 0.3 is 0 Å². The lowest BCUT2D eigenvalue weighted by atomic mass is 10.0. The van der Waals surface area contributed by atoms with Gasteiger partial charge in [0.05, 0.1) is 18.2 Å². The Morgan fingerprint density at radius 3 is 2.68 bits per heavy atom. The summed E-state index contributed by atoms with van der Waals surface area (Å²) in [4.78, 5) is 0. The van der Waals surface area contributed by atoms with Crippen molar-refractivity contribution in [1.29, 1.82) is 5.26 Å². The standard InChI is InChI=1S/C15H21FN2O/c1-4-19-10-15(11(2)3)18-9-13-5-12(8-17)6-14(16)7-13/h5-7,11,15,18H,4,9-10H2,1-3H3. The molecule has 0 spiro atoms. The maximum Gasteiger partial charge on any atom is 0.124 e. The van der Waals surface area contributed by atoms with E-state index < -0.39 is 0 Å². The second kappa shape index (κ2) is 7.88. The summed E-state index contributed by atoms with van der Waals surface area (Å²) >= 11 is 0. The number of hydrogen-bond donors (Lipinski definition) is 1. The van der Waals surface area contributed by atoms with Gasteiger partial charge in [0.1, 0.15) is 5.82 Å². The van der Waals surface area contributed by atoms with Crippen molar-refractivity contribution in [3.8, 4) is 6.07 Å². The third-order valence-electron chi connectivity index (χ3n) is 2.96. The number of nitriles is 1. The molecule has 0 fully saturated rings. The van der Waals surface area contributed by atoms with Gasteiger partial charge in [-0.1, -0.05) is 13.8 Å². The molecule has 3 nitrogen and oxygen atoms in total. The largest absolute Gasteiger partial charge is 0.380 e. The molecule has 0 radical (unpaired) electrons. The third-order valence-corrected chi connectivity index (χ3v) is 2.96. The minimum atomic E-state index is -0.373. The lowest BCUT2D eigenvalue weighted by Gasteiger charge is -2.22. The predicted octanol–water partition coefficient (Wildman–Crippen LogP) is 2.85. The molecule has 4 heteroatoms. The van der Waals surface area contributed by atoms with Crippen LogP contribution in [-0.2, 0) is 11.3 Å². The number of halogens is 1.